The lowest BCUT2D eigenvalue weighted by atomic mass is 9.98. The third-order valence-electron chi connectivity index (χ3n) is 4.74. The van der Waals surface area contributed by atoms with E-state index in [4.69, 9.17) is 11.6 Å². The summed E-state index contributed by atoms with van der Waals surface area (Å²) in [5.41, 5.74) is 0.954. The minimum Gasteiger partial charge on any atom is -0.337 e. The van der Waals surface area contributed by atoms with Crippen molar-refractivity contribution >= 4 is 29.3 Å². The number of rotatable bonds is 4. The Hall–Kier alpha value is -1.53. The second kappa shape index (κ2) is 7.79. The normalized spacial score (nSPS) is 20.7. The van der Waals surface area contributed by atoms with Gasteiger partial charge in [-0.25, -0.2) is 0 Å². The van der Waals surface area contributed by atoms with Gasteiger partial charge in [0.05, 0.1) is 5.75 Å². The van der Waals surface area contributed by atoms with Crippen molar-refractivity contribution in [2.24, 2.45) is 7.05 Å². The predicted molar refractivity (Wildman–Crippen MR) is 102 cm³/mol. The highest BCUT2D eigenvalue weighted by atomic mass is 35.5. The van der Waals surface area contributed by atoms with Gasteiger partial charge in [-0.05, 0) is 57.4 Å². The molecule has 2 atom stereocenters. The van der Waals surface area contributed by atoms with Crippen LogP contribution in [0.3, 0.4) is 0 Å². The number of carbonyl (C=O) groups excluding carboxylic acids is 1. The number of likely N-dealkylation sites (tertiary alicyclic amines) is 1. The third kappa shape index (κ3) is 4.01. The number of thioether (sulfide) groups is 1. The first-order valence-electron chi connectivity index (χ1n) is 8.56. The van der Waals surface area contributed by atoms with Crippen molar-refractivity contribution in [1.82, 2.24) is 19.7 Å². The fraction of sp³-hybridized carbons (Fsp3) is 0.500. The molecular formula is C18H23ClN4OS. The van der Waals surface area contributed by atoms with Gasteiger partial charge in [0, 0.05) is 29.7 Å². The highest BCUT2D eigenvalue weighted by Crippen LogP contribution is 2.26. The van der Waals surface area contributed by atoms with Gasteiger partial charge in [-0.3, -0.25) is 4.79 Å². The smallest absolute Gasteiger partial charge is 0.233 e. The average Bonchev–Trinajstić information content (AvgIpc) is 2.94. The van der Waals surface area contributed by atoms with Gasteiger partial charge in [-0.15, -0.1) is 10.2 Å². The Kier molecular flexibility index (Phi) is 5.69. The van der Waals surface area contributed by atoms with Gasteiger partial charge in [0.1, 0.15) is 0 Å². The zero-order chi connectivity index (χ0) is 18.0. The van der Waals surface area contributed by atoms with Crippen LogP contribution in [-0.4, -0.2) is 43.4 Å². The van der Waals surface area contributed by atoms with E-state index >= 15 is 0 Å². The number of nitrogens with zero attached hydrogens (tertiary/aromatic N) is 4. The zero-order valence-corrected chi connectivity index (χ0v) is 16.3. The average molecular weight is 379 g/mol. The highest BCUT2D eigenvalue weighted by Gasteiger charge is 2.29. The number of carbonyl (C=O) groups is 1. The Bertz CT molecular complexity index is 736. The summed E-state index contributed by atoms with van der Waals surface area (Å²) < 4.78 is 1.92. The SMILES string of the molecule is C[C@@H]1CCC[C@@H](C)N1C(=O)CSc1nnc(-c2ccc(Cl)cc2)n1C. The maximum absolute atomic E-state index is 12.7. The quantitative estimate of drug-likeness (QED) is 0.754. The van der Waals surface area contributed by atoms with Crippen LogP contribution in [0.15, 0.2) is 29.4 Å². The van der Waals surface area contributed by atoms with Crippen LogP contribution in [0.4, 0.5) is 0 Å². The van der Waals surface area contributed by atoms with E-state index in [9.17, 15) is 4.79 Å². The number of amides is 1. The molecule has 2 heterocycles. The van der Waals surface area contributed by atoms with E-state index in [0.717, 1.165) is 29.4 Å². The van der Waals surface area contributed by atoms with Gasteiger partial charge in [0.25, 0.3) is 0 Å². The van der Waals surface area contributed by atoms with E-state index in [1.807, 2.05) is 40.8 Å². The van der Waals surface area contributed by atoms with Crippen molar-refractivity contribution < 1.29 is 4.79 Å². The summed E-state index contributed by atoms with van der Waals surface area (Å²) in [5.74, 6) is 1.34. The van der Waals surface area contributed by atoms with Gasteiger partial charge in [-0.2, -0.15) is 0 Å². The number of halogens is 1. The first kappa shape index (κ1) is 18.3. The number of benzene rings is 1. The molecule has 0 saturated carbocycles. The Balaban J connectivity index is 1.68. The molecule has 0 bridgehead atoms. The summed E-state index contributed by atoms with van der Waals surface area (Å²) in [6, 6.07) is 8.15. The lowest BCUT2D eigenvalue weighted by molar-refractivity contribution is -0.134. The fourth-order valence-electron chi connectivity index (χ4n) is 3.40. The molecule has 1 amide bonds. The van der Waals surface area contributed by atoms with Crippen molar-refractivity contribution in [3.8, 4) is 11.4 Å². The first-order valence-corrected chi connectivity index (χ1v) is 9.93. The molecule has 0 spiro atoms. The highest BCUT2D eigenvalue weighted by molar-refractivity contribution is 7.99. The second-order valence-corrected chi connectivity index (χ2v) is 7.97. The molecule has 1 aromatic heterocycles. The van der Waals surface area contributed by atoms with Crippen LogP contribution in [0.5, 0.6) is 0 Å². The van der Waals surface area contributed by atoms with Crippen molar-refractivity contribution in [1.29, 1.82) is 0 Å². The Morgan fingerprint density at radius 2 is 1.84 bits per heavy atom. The topological polar surface area (TPSA) is 51.0 Å². The van der Waals surface area contributed by atoms with E-state index in [0.29, 0.717) is 22.9 Å². The van der Waals surface area contributed by atoms with Gasteiger partial charge in [-0.1, -0.05) is 23.4 Å². The molecule has 7 heteroatoms. The molecule has 1 fully saturated rings. The van der Waals surface area contributed by atoms with Crippen LogP contribution in [-0.2, 0) is 11.8 Å². The summed E-state index contributed by atoms with van der Waals surface area (Å²) in [5, 5.41) is 9.94. The van der Waals surface area contributed by atoms with Crippen LogP contribution >= 0.6 is 23.4 Å². The molecule has 1 aliphatic rings. The molecule has 1 aliphatic heterocycles. The molecule has 0 unspecified atom stereocenters. The van der Waals surface area contributed by atoms with Crippen LogP contribution in [0.25, 0.3) is 11.4 Å². The van der Waals surface area contributed by atoms with Crippen LogP contribution < -0.4 is 0 Å². The number of hydrogen-bond donors (Lipinski definition) is 0. The Labute approximate surface area is 157 Å². The lowest BCUT2D eigenvalue weighted by Gasteiger charge is -2.39. The molecule has 0 aliphatic carbocycles. The van der Waals surface area contributed by atoms with Crippen molar-refractivity contribution in [3.05, 3.63) is 29.3 Å². The van der Waals surface area contributed by atoms with Gasteiger partial charge >= 0.3 is 0 Å². The molecule has 134 valence electrons. The van der Waals surface area contributed by atoms with Crippen LogP contribution in [0.2, 0.25) is 5.02 Å². The molecular weight excluding hydrogens is 356 g/mol. The summed E-state index contributed by atoms with van der Waals surface area (Å²) in [4.78, 5) is 14.7. The molecule has 2 aromatic rings. The molecule has 5 nitrogen and oxygen atoms in total. The second-order valence-electron chi connectivity index (χ2n) is 6.59. The number of aromatic nitrogens is 3. The first-order chi connectivity index (χ1) is 12.0. The lowest BCUT2D eigenvalue weighted by Crippen LogP contribution is -2.48. The van der Waals surface area contributed by atoms with E-state index in [-0.39, 0.29) is 5.91 Å². The van der Waals surface area contributed by atoms with Crippen LogP contribution in [0, 0.1) is 0 Å². The summed E-state index contributed by atoms with van der Waals surface area (Å²) in [7, 11) is 1.92. The van der Waals surface area contributed by atoms with Gasteiger partial charge in [0.15, 0.2) is 11.0 Å². The predicted octanol–water partition coefficient (Wildman–Crippen LogP) is 4.02. The van der Waals surface area contributed by atoms with E-state index in [1.165, 1.54) is 18.2 Å². The van der Waals surface area contributed by atoms with Crippen molar-refractivity contribution in [2.75, 3.05) is 5.75 Å². The summed E-state index contributed by atoms with van der Waals surface area (Å²) in [6.07, 6.45) is 3.38. The van der Waals surface area contributed by atoms with Crippen molar-refractivity contribution in [3.63, 3.8) is 0 Å². The summed E-state index contributed by atoms with van der Waals surface area (Å²) in [6.45, 7) is 4.28. The van der Waals surface area contributed by atoms with E-state index in [2.05, 4.69) is 24.0 Å². The monoisotopic (exact) mass is 378 g/mol. The summed E-state index contributed by atoms with van der Waals surface area (Å²) >= 11 is 7.38. The Morgan fingerprint density at radius 1 is 1.20 bits per heavy atom. The number of hydrogen-bond acceptors (Lipinski definition) is 4. The van der Waals surface area contributed by atoms with Gasteiger partial charge in [0.2, 0.25) is 5.91 Å². The minimum atomic E-state index is 0.181. The molecule has 1 saturated heterocycles. The van der Waals surface area contributed by atoms with Crippen LogP contribution in [0.1, 0.15) is 33.1 Å². The molecule has 0 N–H and O–H groups in total. The maximum atomic E-state index is 12.7. The minimum absolute atomic E-state index is 0.181. The van der Waals surface area contributed by atoms with E-state index in [1.54, 1.807) is 0 Å². The third-order valence-corrected chi connectivity index (χ3v) is 6.00. The zero-order valence-electron chi connectivity index (χ0n) is 14.8. The molecule has 1 aromatic carbocycles. The number of piperidine rings is 1. The van der Waals surface area contributed by atoms with Gasteiger partial charge < -0.3 is 9.47 Å². The molecule has 3 rings (SSSR count). The van der Waals surface area contributed by atoms with Crippen molar-refractivity contribution in [2.45, 2.75) is 50.4 Å². The van der Waals surface area contributed by atoms with E-state index < -0.39 is 0 Å². The molecule has 25 heavy (non-hydrogen) atoms. The Morgan fingerprint density at radius 3 is 2.48 bits per heavy atom. The standard InChI is InChI=1S/C18H23ClN4OS/c1-12-5-4-6-13(2)23(12)16(24)11-25-18-21-20-17(22(18)3)14-7-9-15(19)10-8-14/h7-10,12-13H,4-6,11H2,1-3H3/t12-,13-/m1/s1. The fourth-order valence-corrected chi connectivity index (χ4v) is 4.31. The molecule has 0 radical (unpaired) electrons. The maximum Gasteiger partial charge on any atom is 0.233 e. The largest absolute Gasteiger partial charge is 0.337 e.